The van der Waals surface area contributed by atoms with Crippen LogP contribution in [0.1, 0.15) is 45.7 Å². The van der Waals surface area contributed by atoms with Crippen molar-refractivity contribution < 1.29 is 14.7 Å². The van der Waals surface area contributed by atoms with Crippen LogP contribution in [0.15, 0.2) is 30.3 Å². The number of nitriles is 1. The van der Waals surface area contributed by atoms with Gasteiger partial charge in [0.1, 0.15) is 0 Å². The summed E-state index contributed by atoms with van der Waals surface area (Å²) in [5, 5.41) is 17.9. The molecule has 0 amide bonds. The minimum Gasteiger partial charge on any atom is -0.481 e. The van der Waals surface area contributed by atoms with Gasteiger partial charge >= 0.3 is 5.97 Å². The molecule has 1 atom stereocenters. The number of carboxylic acid groups (broad SMARTS) is 1. The van der Waals surface area contributed by atoms with Crippen LogP contribution in [-0.2, 0) is 11.8 Å². The maximum Gasteiger partial charge on any atom is 0.312 e. The summed E-state index contributed by atoms with van der Waals surface area (Å²) in [6.45, 7) is 3.38. The number of aromatic nitrogens is 1. The third-order valence-electron chi connectivity index (χ3n) is 3.77. The van der Waals surface area contributed by atoms with Crippen LogP contribution in [0.2, 0.25) is 0 Å². The summed E-state index contributed by atoms with van der Waals surface area (Å²) in [6.07, 6.45) is 0. The zero-order valence-electron chi connectivity index (χ0n) is 12.6. The maximum atomic E-state index is 12.6. The van der Waals surface area contributed by atoms with Gasteiger partial charge in [0.05, 0.1) is 23.2 Å². The van der Waals surface area contributed by atoms with Gasteiger partial charge in [0, 0.05) is 18.3 Å². The molecule has 0 saturated heterocycles. The molecule has 1 N–H and O–H groups in total. The standard InChI is InChI=1S/C17H16N2O3/c1-10-8-14(11(2)17(21)22)19(3)15(10)16(20)13-6-4-12(9-18)5-7-13/h4-8,11H,1-3H3,(H,21,22). The number of ketones is 1. The van der Waals surface area contributed by atoms with Gasteiger partial charge in [-0.3, -0.25) is 9.59 Å². The van der Waals surface area contributed by atoms with Gasteiger partial charge < -0.3 is 9.67 Å². The first kappa shape index (κ1) is 15.5. The van der Waals surface area contributed by atoms with Gasteiger partial charge in [0.15, 0.2) is 0 Å². The monoisotopic (exact) mass is 296 g/mol. The summed E-state index contributed by atoms with van der Waals surface area (Å²) in [5.41, 5.74) is 2.74. The normalized spacial score (nSPS) is 11.7. The summed E-state index contributed by atoms with van der Waals surface area (Å²) < 4.78 is 1.63. The molecule has 5 nitrogen and oxygen atoms in total. The number of rotatable bonds is 4. The van der Waals surface area contributed by atoms with Crippen molar-refractivity contribution in [2.75, 3.05) is 0 Å². The molecule has 1 heterocycles. The molecule has 0 bridgehead atoms. The summed E-state index contributed by atoms with van der Waals surface area (Å²) in [6, 6.07) is 10.1. The Morgan fingerprint density at radius 1 is 1.27 bits per heavy atom. The third-order valence-corrected chi connectivity index (χ3v) is 3.77. The van der Waals surface area contributed by atoms with Gasteiger partial charge in [-0.05, 0) is 49.7 Å². The second kappa shape index (κ2) is 5.86. The molecular formula is C17H16N2O3. The molecule has 0 aliphatic heterocycles. The van der Waals surface area contributed by atoms with Crippen molar-refractivity contribution in [3.05, 3.63) is 58.4 Å². The van der Waals surface area contributed by atoms with E-state index in [1.54, 1.807) is 55.8 Å². The second-order valence-corrected chi connectivity index (χ2v) is 5.24. The Hall–Kier alpha value is -2.87. The molecule has 0 saturated carbocycles. The van der Waals surface area contributed by atoms with Crippen molar-refractivity contribution in [3.8, 4) is 6.07 Å². The van der Waals surface area contributed by atoms with Crippen molar-refractivity contribution in [2.24, 2.45) is 7.05 Å². The molecule has 112 valence electrons. The lowest BCUT2D eigenvalue weighted by molar-refractivity contribution is -0.138. The lowest BCUT2D eigenvalue weighted by Gasteiger charge is -2.10. The maximum absolute atomic E-state index is 12.6. The number of aliphatic carboxylic acids is 1. The Labute approximate surface area is 128 Å². The average molecular weight is 296 g/mol. The van der Waals surface area contributed by atoms with Crippen LogP contribution < -0.4 is 0 Å². The fraction of sp³-hybridized carbons (Fsp3) is 0.235. The number of benzene rings is 1. The summed E-state index contributed by atoms with van der Waals surface area (Å²) in [7, 11) is 1.69. The summed E-state index contributed by atoms with van der Waals surface area (Å²) >= 11 is 0. The Morgan fingerprint density at radius 2 is 1.86 bits per heavy atom. The number of carbonyl (C=O) groups is 2. The van der Waals surface area contributed by atoms with Gasteiger partial charge in [-0.25, -0.2) is 0 Å². The molecule has 2 aromatic rings. The van der Waals surface area contributed by atoms with Crippen molar-refractivity contribution >= 4 is 11.8 Å². The lowest BCUT2D eigenvalue weighted by Crippen LogP contribution is -2.15. The number of nitrogens with zero attached hydrogens (tertiary/aromatic N) is 2. The quantitative estimate of drug-likeness (QED) is 0.879. The van der Waals surface area contributed by atoms with E-state index in [4.69, 9.17) is 10.4 Å². The highest BCUT2D eigenvalue weighted by Gasteiger charge is 2.23. The zero-order chi connectivity index (χ0) is 16.4. The molecule has 0 aliphatic carbocycles. The first-order chi connectivity index (χ1) is 10.4. The van der Waals surface area contributed by atoms with Crippen LogP contribution in [0.3, 0.4) is 0 Å². The first-order valence-electron chi connectivity index (χ1n) is 6.80. The minimum atomic E-state index is -0.932. The molecule has 22 heavy (non-hydrogen) atoms. The Morgan fingerprint density at radius 3 is 2.36 bits per heavy atom. The number of hydrogen-bond donors (Lipinski definition) is 1. The molecule has 1 aromatic heterocycles. The summed E-state index contributed by atoms with van der Waals surface area (Å²) in [5.74, 6) is -1.81. The van der Waals surface area contributed by atoms with Crippen LogP contribution in [0.25, 0.3) is 0 Å². The van der Waals surface area contributed by atoms with Crippen molar-refractivity contribution in [1.82, 2.24) is 4.57 Å². The van der Waals surface area contributed by atoms with Gasteiger partial charge in [-0.15, -0.1) is 0 Å². The fourth-order valence-electron chi connectivity index (χ4n) is 2.49. The van der Waals surface area contributed by atoms with Gasteiger partial charge in [-0.2, -0.15) is 5.26 Å². The van der Waals surface area contributed by atoms with E-state index in [9.17, 15) is 9.59 Å². The summed E-state index contributed by atoms with van der Waals surface area (Å²) in [4.78, 5) is 23.8. The van der Waals surface area contributed by atoms with E-state index in [0.717, 1.165) is 5.56 Å². The largest absolute Gasteiger partial charge is 0.481 e. The highest BCUT2D eigenvalue weighted by atomic mass is 16.4. The predicted octanol–water partition coefficient (Wildman–Crippen LogP) is 2.62. The van der Waals surface area contributed by atoms with Crippen LogP contribution in [-0.4, -0.2) is 21.4 Å². The van der Waals surface area contributed by atoms with E-state index in [1.165, 1.54) is 0 Å². The molecule has 0 fully saturated rings. The van der Waals surface area contributed by atoms with Gasteiger partial charge in [0.2, 0.25) is 5.78 Å². The molecule has 1 unspecified atom stereocenters. The predicted molar refractivity (Wildman–Crippen MR) is 80.8 cm³/mol. The fourth-order valence-corrected chi connectivity index (χ4v) is 2.49. The Kier molecular flexibility index (Phi) is 4.13. The van der Waals surface area contributed by atoms with Crippen LogP contribution in [0.4, 0.5) is 0 Å². The molecule has 2 rings (SSSR count). The number of aryl methyl sites for hydroxylation is 1. The smallest absolute Gasteiger partial charge is 0.312 e. The molecule has 5 heteroatoms. The van der Waals surface area contributed by atoms with Crippen LogP contribution >= 0.6 is 0 Å². The van der Waals surface area contributed by atoms with Gasteiger partial charge in [-0.1, -0.05) is 0 Å². The molecule has 1 aromatic carbocycles. The van der Waals surface area contributed by atoms with Crippen molar-refractivity contribution in [2.45, 2.75) is 19.8 Å². The zero-order valence-corrected chi connectivity index (χ0v) is 12.6. The molecular weight excluding hydrogens is 280 g/mol. The van der Waals surface area contributed by atoms with E-state index in [-0.39, 0.29) is 5.78 Å². The first-order valence-corrected chi connectivity index (χ1v) is 6.80. The molecule has 0 radical (unpaired) electrons. The van der Waals surface area contributed by atoms with Gasteiger partial charge in [0.25, 0.3) is 0 Å². The second-order valence-electron chi connectivity index (χ2n) is 5.24. The number of carboxylic acids is 1. The average Bonchev–Trinajstić information content (AvgIpc) is 2.80. The molecule has 0 aliphatic rings. The van der Waals surface area contributed by atoms with E-state index in [1.807, 2.05) is 6.07 Å². The lowest BCUT2D eigenvalue weighted by atomic mass is 10.0. The highest BCUT2D eigenvalue weighted by Crippen LogP contribution is 2.24. The Bertz CT molecular complexity index is 779. The number of carbonyl (C=O) groups excluding carboxylic acids is 1. The van der Waals surface area contributed by atoms with Crippen molar-refractivity contribution in [3.63, 3.8) is 0 Å². The topological polar surface area (TPSA) is 83.1 Å². The van der Waals surface area contributed by atoms with E-state index < -0.39 is 11.9 Å². The number of hydrogen-bond acceptors (Lipinski definition) is 3. The van der Waals surface area contributed by atoms with E-state index in [0.29, 0.717) is 22.5 Å². The third kappa shape index (κ3) is 2.63. The molecule has 0 spiro atoms. The van der Waals surface area contributed by atoms with E-state index >= 15 is 0 Å². The van der Waals surface area contributed by atoms with Crippen molar-refractivity contribution in [1.29, 1.82) is 5.26 Å². The SMILES string of the molecule is Cc1cc(C(C)C(=O)O)n(C)c1C(=O)c1ccc(C#N)cc1. The minimum absolute atomic E-state index is 0.187. The van der Waals surface area contributed by atoms with Crippen LogP contribution in [0, 0.1) is 18.3 Å². The van der Waals surface area contributed by atoms with E-state index in [2.05, 4.69) is 0 Å². The highest BCUT2D eigenvalue weighted by molar-refractivity contribution is 6.09. The Balaban J connectivity index is 2.46. The van der Waals surface area contributed by atoms with Crippen LogP contribution in [0.5, 0.6) is 0 Å².